The molecule has 1 nitrogen and oxygen atoms in total. The Morgan fingerprint density at radius 1 is 1.40 bits per heavy atom. The second kappa shape index (κ2) is 4.67. The molecule has 0 fully saturated rings. The molecular weight excluding hydrogens is 358 g/mol. The van der Waals surface area contributed by atoms with E-state index < -0.39 is 0 Å². The fourth-order valence-electron chi connectivity index (χ4n) is 1.29. The largest absolute Gasteiger partial charge is 0.319 e. The topological polar surface area (TPSA) is 26.0 Å². The average Bonchev–Trinajstić information content (AvgIpc) is 2.74. The zero-order chi connectivity index (χ0) is 11.0. The first-order valence-corrected chi connectivity index (χ1v) is 7.62. The molecule has 0 aromatic carbocycles. The number of hydrogen-bond acceptors (Lipinski definition) is 3. The van der Waals surface area contributed by atoms with Crippen LogP contribution in [-0.2, 0) is 0 Å². The molecule has 2 aromatic heterocycles. The van der Waals surface area contributed by atoms with Crippen molar-refractivity contribution in [2.24, 2.45) is 5.73 Å². The summed E-state index contributed by atoms with van der Waals surface area (Å²) in [4.78, 5) is 2.38. The van der Waals surface area contributed by atoms with E-state index in [1.165, 1.54) is 19.1 Å². The third-order valence-electron chi connectivity index (χ3n) is 2.11. The van der Waals surface area contributed by atoms with Gasteiger partial charge in [-0.1, -0.05) is 0 Å². The second-order valence-electron chi connectivity index (χ2n) is 3.22. The molecule has 2 aromatic rings. The number of halogens is 2. The summed E-state index contributed by atoms with van der Waals surface area (Å²) in [5.74, 6) is 0. The summed E-state index contributed by atoms with van der Waals surface area (Å²) in [6, 6.07) is 4.16. The lowest BCUT2D eigenvalue weighted by Gasteiger charge is -2.07. The molecule has 2 heterocycles. The molecular formula is C10H9Br2NS2. The summed E-state index contributed by atoms with van der Waals surface area (Å²) in [5, 5.41) is 2.05. The molecule has 0 aliphatic rings. The van der Waals surface area contributed by atoms with Gasteiger partial charge >= 0.3 is 0 Å². The Morgan fingerprint density at radius 2 is 2.13 bits per heavy atom. The predicted octanol–water partition coefficient (Wildman–Crippen LogP) is 4.69. The quantitative estimate of drug-likeness (QED) is 0.819. The minimum absolute atomic E-state index is 0.0191. The van der Waals surface area contributed by atoms with Crippen LogP contribution in [0, 0.1) is 6.92 Å². The Hall–Kier alpha value is 0.320. The Morgan fingerprint density at radius 3 is 2.60 bits per heavy atom. The molecule has 0 saturated heterocycles. The van der Waals surface area contributed by atoms with Crippen molar-refractivity contribution in [3.05, 3.63) is 41.1 Å². The van der Waals surface area contributed by atoms with E-state index >= 15 is 0 Å². The molecule has 0 bridgehead atoms. The smallest absolute Gasteiger partial charge is 0.0751 e. The highest BCUT2D eigenvalue weighted by atomic mass is 79.9. The zero-order valence-corrected chi connectivity index (χ0v) is 12.8. The molecule has 5 heteroatoms. The summed E-state index contributed by atoms with van der Waals surface area (Å²) in [5.41, 5.74) is 7.46. The van der Waals surface area contributed by atoms with E-state index in [0.29, 0.717) is 0 Å². The third kappa shape index (κ3) is 2.36. The van der Waals surface area contributed by atoms with Crippen LogP contribution in [0.5, 0.6) is 0 Å². The summed E-state index contributed by atoms with van der Waals surface area (Å²) in [6.45, 7) is 2.08. The van der Waals surface area contributed by atoms with Crippen LogP contribution in [-0.4, -0.2) is 0 Å². The Bertz CT molecular complexity index is 456. The number of thiophene rings is 2. The van der Waals surface area contributed by atoms with E-state index in [1.807, 2.05) is 6.07 Å². The van der Waals surface area contributed by atoms with Gasteiger partial charge in [0.15, 0.2) is 0 Å². The van der Waals surface area contributed by atoms with Gasteiger partial charge in [0, 0.05) is 14.2 Å². The van der Waals surface area contributed by atoms with Crippen LogP contribution in [0.1, 0.15) is 21.4 Å². The molecule has 2 rings (SSSR count). The van der Waals surface area contributed by atoms with Crippen LogP contribution in [0.4, 0.5) is 0 Å². The van der Waals surface area contributed by atoms with Crippen molar-refractivity contribution >= 4 is 54.5 Å². The molecule has 0 aliphatic heterocycles. The predicted molar refractivity (Wildman–Crippen MR) is 74.8 cm³/mol. The van der Waals surface area contributed by atoms with Gasteiger partial charge in [0.2, 0.25) is 0 Å². The second-order valence-corrected chi connectivity index (χ2v) is 7.42. The van der Waals surface area contributed by atoms with E-state index in [2.05, 4.69) is 50.2 Å². The number of nitrogens with two attached hydrogens (primary N) is 1. The zero-order valence-electron chi connectivity index (χ0n) is 7.96. The monoisotopic (exact) mass is 365 g/mol. The van der Waals surface area contributed by atoms with Crippen molar-refractivity contribution in [2.75, 3.05) is 0 Å². The molecule has 0 spiro atoms. The molecule has 0 radical (unpaired) electrons. The normalized spacial score (nSPS) is 13.1. The van der Waals surface area contributed by atoms with Crippen molar-refractivity contribution in [3.8, 4) is 0 Å². The van der Waals surface area contributed by atoms with Gasteiger partial charge in [-0.25, -0.2) is 0 Å². The van der Waals surface area contributed by atoms with Crippen molar-refractivity contribution in [1.29, 1.82) is 0 Å². The van der Waals surface area contributed by atoms with Gasteiger partial charge in [0.25, 0.3) is 0 Å². The average molecular weight is 367 g/mol. The van der Waals surface area contributed by atoms with Crippen LogP contribution >= 0.6 is 54.5 Å². The van der Waals surface area contributed by atoms with E-state index in [4.69, 9.17) is 5.73 Å². The van der Waals surface area contributed by atoms with Gasteiger partial charge in [-0.3, -0.25) is 0 Å². The maximum Gasteiger partial charge on any atom is 0.0751 e. The maximum absolute atomic E-state index is 6.21. The van der Waals surface area contributed by atoms with E-state index in [1.54, 1.807) is 22.7 Å². The van der Waals surface area contributed by atoms with Gasteiger partial charge in [-0.15, -0.1) is 22.7 Å². The highest BCUT2D eigenvalue weighted by molar-refractivity contribution is 9.11. The van der Waals surface area contributed by atoms with Crippen molar-refractivity contribution < 1.29 is 0 Å². The van der Waals surface area contributed by atoms with Crippen molar-refractivity contribution in [3.63, 3.8) is 0 Å². The lowest BCUT2D eigenvalue weighted by atomic mass is 10.2. The first-order valence-electron chi connectivity index (χ1n) is 4.34. The molecule has 0 saturated carbocycles. The van der Waals surface area contributed by atoms with Crippen LogP contribution in [0.3, 0.4) is 0 Å². The standard InChI is InChI=1S/C10H9Br2NS2/c1-5-4-7(15-10(5)12)8(13)9-6(11)2-3-14-9/h2-4,8H,13H2,1H3. The maximum atomic E-state index is 6.21. The summed E-state index contributed by atoms with van der Waals surface area (Å²) in [6.07, 6.45) is 0. The van der Waals surface area contributed by atoms with Crippen LogP contribution in [0.15, 0.2) is 25.8 Å². The van der Waals surface area contributed by atoms with E-state index in [9.17, 15) is 0 Å². The first kappa shape index (κ1) is 11.8. The molecule has 2 N–H and O–H groups in total. The van der Waals surface area contributed by atoms with Gasteiger partial charge in [-0.05, 0) is 61.9 Å². The van der Waals surface area contributed by atoms with Crippen LogP contribution < -0.4 is 5.73 Å². The van der Waals surface area contributed by atoms with Crippen LogP contribution in [0.25, 0.3) is 0 Å². The highest BCUT2D eigenvalue weighted by Gasteiger charge is 2.16. The molecule has 0 amide bonds. The molecule has 1 unspecified atom stereocenters. The molecule has 1 atom stereocenters. The van der Waals surface area contributed by atoms with Gasteiger partial charge in [-0.2, -0.15) is 0 Å². The van der Waals surface area contributed by atoms with Crippen LogP contribution in [0.2, 0.25) is 0 Å². The van der Waals surface area contributed by atoms with Gasteiger partial charge in [0.05, 0.1) is 9.83 Å². The number of rotatable bonds is 2. The van der Waals surface area contributed by atoms with Crippen molar-refractivity contribution in [2.45, 2.75) is 13.0 Å². The lowest BCUT2D eigenvalue weighted by Crippen LogP contribution is -2.08. The summed E-state index contributed by atoms with van der Waals surface area (Å²) >= 11 is 10.4. The summed E-state index contributed by atoms with van der Waals surface area (Å²) in [7, 11) is 0. The minimum Gasteiger partial charge on any atom is -0.319 e. The Labute approximate surface area is 114 Å². The lowest BCUT2D eigenvalue weighted by molar-refractivity contribution is 0.911. The fraction of sp³-hybridized carbons (Fsp3) is 0.200. The number of hydrogen-bond donors (Lipinski definition) is 1. The van der Waals surface area contributed by atoms with E-state index in [0.717, 1.165) is 4.47 Å². The summed E-state index contributed by atoms with van der Waals surface area (Å²) < 4.78 is 2.27. The SMILES string of the molecule is Cc1cc(C(N)c2sccc2Br)sc1Br. The van der Waals surface area contributed by atoms with Gasteiger partial charge in [0.1, 0.15) is 0 Å². The first-order chi connectivity index (χ1) is 7.09. The Balaban J connectivity index is 2.36. The highest BCUT2D eigenvalue weighted by Crippen LogP contribution is 2.37. The minimum atomic E-state index is -0.0191. The fourth-order valence-corrected chi connectivity index (χ4v) is 4.59. The molecule has 0 aliphatic carbocycles. The molecule has 80 valence electrons. The number of aryl methyl sites for hydroxylation is 1. The Kier molecular flexibility index (Phi) is 3.67. The van der Waals surface area contributed by atoms with Crippen molar-refractivity contribution in [1.82, 2.24) is 0 Å². The third-order valence-corrected chi connectivity index (χ3v) is 6.28. The molecule has 15 heavy (non-hydrogen) atoms. The van der Waals surface area contributed by atoms with E-state index in [-0.39, 0.29) is 6.04 Å². The van der Waals surface area contributed by atoms with Gasteiger partial charge < -0.3 is 5.73 Å².